The van der Waals surface area contributed by atoms with Gasteiger partial charge < -0.3 is 5.32 Å². The lowest BCUT2D eigenvalue weighted by atomic mass is 10.1. The second kappa shape index (κ2) is 8.25. The van der Waals surface area contributed by atoms with Crippen LogP contribution in [-0.2, 0) is 17.1 Å². The summed E-state index contributed by atoms with van der Waals surface area (Å²) in [7, 11) is -2.14. The van der Waals surface area contributed by atoms with Crippen LogP contribution in [0.4, 0.5) is 11.4 Å². The van der Waals surface area contributed by atoms with Crippen LogP contribution in [-0.4, -0.2) is 29.1 Å². The number of sulfonamides is 1. The minimum Gasteiger partial charge on any atom is -0.322 e. The van der Waals surface area contributed by atoms with Crippen molar-refractivity contribution in [3.05, 3.63) is 76.6 Å². The number of aromatic nitrogens is 3. The van der Waals surface area contributed by atoms with Crippen molar-refractivity contribution in [1.29, 1.82) is 0 Å². The summed E-state index contributed by atoms with van der Waals surface area (Å²) in [5.41, 5.74) is 2.98. The number of halogens is 1. The van der Waals surface area contributed by atoms with Crippen molar-refractivity contribution in [2.24, 2.45) is 7.05 Å². The van der Waals surface area contributed by atoms with Gasteiger partial charge in [-0.3, -0.25) is 14.2 Å². The number of para-hydroxylation sites is 1. The average molecular weight is 470 g/mol. The molecule has 2 aromatic heterocycles. The third-order valence-corrected chi connectivity index (χ3v) is 6.55. The highest BCUT2D eigenvalue weighted by molar-refractivity contribution is 7.92. The van der Waals surface area contributed by atoms with E-state index in [1.807, 2.05) is 6.92 Å². The molecule has 10 heteroatoms. The lowest BCUT2D eigenvalue weighted by molar-refractivity contribution is 0.102. The van der Waals surface area contributed by atoms with Gasteiger partial charge in [-0.15, -0.1) is 0 Å². The Hall–Kier alpha value is -3.43. The molecule has 1 amide bonds. The average Bonchev–Trinajstić information content (AvgIpc) is 3.02. The van der Waals surface area contributed by atoms with Crippen LogP contribution in [0.15, 0.2) is 59.5 Å². The molecule has 0 unspecified atom stereocenters. The second-order valence-electron chi connectivity index (χ2n) is 7.29. The minimum atomic E-state index is -3.91. The summed E-state index contributed by atoms with van der Waals surface area (Å²) >= 11 is 6.06. The number of nitrogens with zero attached hydrogens (tertiary/aromatic N) is 3. The highest BCUT2D eigenvalue weighted by Crippen LogP contribution is 2.26. The van der Waals surface area contributed by atoms with E-state index in [0.29, 0.717) is 33.7 Å². The van der Waals surface area contributed by atoms with Gasteiger partial charge in [0, 0.05) is 18.4 Å². The Balaban J connectivity index is 1.65. The van der Waals surface area contributed by atoms with Gasteiger partial charge >= 0.3 is 0 Å². The minimum absolute atomic E-state index is 0.0103. The van der Waals surface area contributed by atoms with Gasteiger partial charge in [-0.25, -0.2) is 13.4 Å². The SMILES string of the molecule is Cc1cc(C(=O)Nc2cccc(S(=O)(=O)Nc3ccccc3Cl)c2)c2c(C)nn(C)c2n1. The van der Waals surface area contributed by atoms with Crippen molar-refractivity contribution < 1.29 is 13.2 Å². The molecular formula is C22H20ClN5O3S. The maximum absolute atomic E-state index is 13.1. The van der Waals surface area contributed by atoms with Gasteiger partial charge in [0.05, 0.1) is 32.2 Å². The van der Waals surface area contributed by atoms with E-state index in [-0.39, 0.29) is 21.5 Å². The Morgan fingerprint density at radius 1 is 1.06 bits per heavy atom. The summed E-state index contributed by atoms with van der Waals surface area (Å²) < 4.78 is 29.7. The van der Waals surface area contributed by atoms with Crippen LogP contribution in [0.2, 0.25) is 5.02 Å². The van der Waals surface area contributed by atoms with Crippen LogP contribution in [0.25, 0.3) is 11.0 Å². The van der Waals surface area contributed by atoms with E-state index in [1.54, 1.807) is 61.1 Å². The van der Waals surface area contributed by atoms with E-state index in [9.17, 15) is 13.2 Å². The molecule has 164 valence electrons. The zero-order chi connectivity index (χ0) is 23.0. The Labute approximate surface area is 190 Å². The van der Waals surface area contributed by atoms with E-state index >= 15 is 0 Å². The quantitative estimate of drug-likeness (QED) is 0.453. The maximum Gasteiger partial charge on any atom is 0.262 e. The number of hydrogen-bond acceptors (Lipinski definition) is 5. The molecule has 0 saturated heterocycles. The number of carbonyl (C=O) groups is 1. The van der Waals surface area contributed by atoms with Gasteiger partial charge in [0.2, 0.25) is 0 Å². The third-order valence-electron chi connectivity index (χ3n) is 4.86. The number of fused-ring (bicyclic) bond motifs is 1. The summed E-state index contributed by atoms with van der Waals surface area (Å²) in [6.45, 7) is 3.61. The van der Waals surface area contributed by atoms with Gasteiger partial charge in [0.1, 0.15) is 0 Å². The lowest BCUT2D eigenvalue weighted by Crippen LogP contribution is -2.16. The van der Waals surface area contributed by atoms with Crippen molar-refractivity contribution in [1.82, 2.24) is 14.8 Å². The monoisotopic (exact) mass is 469 g/mol. The molecule has 32 heavy (non-hydrogen) atoms. The molecule has 2 N–H and O–H groups in total. The van der Waals surface area contributed by atoms with E-state index < -0.39 is 10.0 Å². The molecule has 0 aliphatic rings. The normalized spacial score (nSPS) is 11.5. The molecule has 0 spiro atoms. The number of nitrogens with one attached hydrogen (secondary N) is 2. The molecule has 2 aromatic carbocycles. The molecule has 8 nitrogen and oxygen atoms in total. The van der Waals surface area contributed by atoms with E-state index in [4.69, 9.17) is 11.6 Å². The maximum atomic E-state index is 13.1. The summed E-state index contributed by atoms with van der Waals surface area (Å²) in [6.07, 6.45) is 0. The Morgan fingerprint density at radius 3 is 2.56 bits per heavy atom. The number of benzene rings is 2. The summed E-state index contributed by atoms with van der Waals surface area (Å²) in [5, 5.41) is 8.06. The van der Waals surface area contributed by atoms with Gasteiger partial charge in [0.25, 0.3) is 15.9 Å². The number of pyridine rings is 1. The number of anilines is 2. The fourth-order valence-corrected chi connectivity index (χ4v) is 4.80. The largest absolute Gasteiger partial charge is 0.322 e. The Morgan fingerprint density at radius 2 is 1.81 bits per heavy atom. The Kier molecular flexibility index (Phi) is 5.62. The zero-order valence-corrected chi connectivity index (χ0v) is 19.1. The predicted octanol–water partition coefficient (Wildman–Crippen LogP) is 4.29. The number of rotatable bonds is 5. The number of carbonyl (C=O) groups excluding carboxylic acids is 1. The van der Waals surface area contributed by atoms with E-state index in [1.165, 1.54) is 12.1 Å². The van der Waals surface area contributed by atoms with Gasteiger partial charge in [-0.05, 0) is 50.2 Å². The van der Waals surface area contributed by atoms with Crippen molar-refractivity contribution in [3.8, 4) is 0 Å². The standard InChI is InChI=1S/C22H20ClN5O3S/c1-13-11-17(20-14(2)26-28(3)21(20)24-13)22(29)25-15-7-6-8-16(12-15)32(30,31)27-19-10-5-4-9-18(19)23/h4-12,27H,1-3H3,(H,25,29). The first-order valence-corrected chi connectivity index (χ1v) is 11.5. The summed E-state index contributed by atoms with van der Waals surface area (Å²) in [5.74, 6) is -0.384. The first-order chi connectivity index (χ1) is 15.2. The second-order valence-corrected chi connectivity index (χ2v) is 9.38. The first-order valence-electron chi connectivity index (χ1n) is 9.65. The van der Waals surface area contributed by atoms with Crippen molar-refractivity contribution in [3.63, 3.8) is 0 Å². The fraction of sp³-hybridized carbons (Fsp3) is 0.136. The van der Waals surface area contributed by atoms with Gasteiger partial charge in [-0.1, -0.05) is 29.8 Å². The smallest absolute Gasteiger partial charge is 0.262 e. The summed E-state index contributed by atoms with van der Waals surface area (Å²) in [6, 6.07) is 14.2. The van der Waals surface area contributed by atoms with Gasteiger partial charge in [0.15, 0.2) is 5.65 Å². The van der Waals surface area contributed by atoms with Crippen LogP contribution in [0.3, 0.4) is 0 Å². The highest BCUT2D eigenvalue weighted by atomic mass is 35.5. The van der Waals surface area contributed by atoms with E-state index in [0.717, 1.165) is 0 Å². The molecule has 0 atom stereocenters. The molecule has 0 radical (unpaired) electrons. The van der Waals surface area contributed by atoms with E-state index in [2.05, 4.69) is 20.1 Å². The molecule has 0 bridgehead atoms. The summed E-state index contributed by atoms with van der Waals surface area (Å²) in [4.78, 5) is 17.5. The topological polar surface area (TPSA) is 106 Å². The molecule has 4 aromatic rings. The van der Waals surface area contributed by atoms with Crippen molar-refractivity contribution >= 4 is 49.9 Å². The number of hydrogen-bond donors (Lipinski definition) is 2. The van der Waals surface area contributed by atoms with Crippen LogP contribution >= 0.6 is 11.6 Å². The zero-order valence-electron chi connectivity index (χ0n) is 17.5. The molecule has 0 aliphatic heterocycles. The third kappa shape index (κ3) is 4.17. The molecule has 0 fully saturated rings. The first kappa shape index (κ1) is 21.8. The molecular weight excluding hydrogens is 450 g/mol. The van der Waals surface area contributed by atoms with Crippen molar-refractivity contribution in [2.45, 2.75) is 18.7 Å². The molecule has 0 aliphatic carbocycles. The predicted molar refractivity (Wildman–Crippen MR) is 125 cm³/mol. The Bertz CT molecular complexity index is 1460. The van der Waals surface area contributed by atoms with Crippen molar-refractivity contribution in [2.75, 3.05) is 10.0 Å². The lowest BCUT2D eigenvalue weighted by Gasteiger charge is -2.12. The van der Waals surface area contributed by atoms with Crippen LogP contribution in [0.5, 0.6) is 0 Å². The van der Waals surface area contributed by atoms with Gasteiger partial charge in [-0.2, -0.15) is 5.10 Å². The van der Waals surface area contributed by atoms with Crippen LogP contribution in [0.1, 0.15) is 21.7 Å². The number of amides is 1. The molecule has 0 saturated carbocycles. The molecule has 2 heterocycles. The van der Waals surface area contributed by atoms with Crippen LogP contribution < -0.4 is 10.0 Å². The highest BCUT2D eigenvalue weighted by Gasteiger charge is 2.20. The molecule has 4 rings (SSSR count). The number of aryl methyl sites for hydroxylation is 3. The van der Waals surface area contributed by atoms with Crippen LogP contribution in [0, 0.1) is 13.8 Å². The fourth-order valence-electron chi connectivity index (χ4n) is 3.44.